The Hall–Kier alpha value is -12.0. The summed E-state index contributed by atoms with van der Waals surface area (Å²) in [7, 11) is 0. The predicted molar refractivity (Wildman–Crippen MR) is 417 cm³/mol. The molecule has 0 atom stereocenters. The number of amides is 4. The van der Waals surface area contributed by atoms with Crippen molar-refractivity contribution in [3.8, 4) is 44.5 Å². The van der Waals surface area contributed by atoms with Gasteiger partial charge in [-0.25, -0.2) is 9.80 Å². The lowest BCUT2D eigenvalue weighted by atomic mass is 9.83. The lowest BCUT2D eigenvalue weighted by Gasteiger charge is -2.33. The van der Waals surface area contributed by atoms with Gasteiger partial charge in [0.15, 0.2) is 0 Å². The minimum Gasteiger partial charge on any atom is -0.399 e. The Bertz CT molecular complexity index is 6000. The van der Waals surface area contributed by atoms with Crippen molar-refractivity contribution in [3.05, 3.63) is 237 Å². The third-order valence-electron chi connectivity index (χ3n) is 23.3. The Kier molecular flexibility index (Phi) is 11.1. The van der Waals surface area contributed by atoms with Gasteiger partial charge < -0.3 is 11.5 Å². The van der Waals surface area contributed by atoms with Gasteiger partial charge in [0.2, 0.25) is 0 Å². The van der Waals surface area contributed by atoms with E-state index >= 15 is 19.2 Å². The number of anilines is 4. The van der Waals surface area contributed by atoms with E-state index in [1.54, 1.807) is 0 Å². The van der Waals surface area contributed by atoms with Crippen LogP contribution in [0, 0.1) is 0 Å². The fourth-order valence-corrected chi connectivity index (χ4v) is 18.7. The standard InChI is InChI=1S/C92H64N4O4/c1-41(2)71-37-53(93)38-72(42(3)4)87(71)95-89(97)67-25-21-59-55-13-17-63-75-33-49-29-45-9-11-47-31-51-35-77-65-19-15-57-61-23-27-69-86-70(92(100)96(91(69)99)88-73(43(5)6)39-54(94)40-74(88)44(7)8)28-24-62(82(61)86)58-16-20-66(84(65)80(57)58)78(77)36-52(51)32-48(47)12-10-46(45)30-50(49)34-76(75)64-18-14-56(79(55)83(63)64)60-22-26-68(90(95)98)85(67)81(59)60/h9-44H,93-94H2,1-8H3. The maximum absolute atomic E-state index is 15.0. The second-order valence-corrected chi connectivity index (χ2v) is 30.0. The number of carbonyl (C=O) groups is 4. The van der Waals surface area contributed by atoms with Crippen LogP contribution in [0.2, 0.25) is 0 Å². The van der Waals surface area contributed by atoms with E-state index in [9.17, 15) is 0 Å². The lowest BCUT2D eigenvalue weighted by Crippen LogP contribution is -2.41. The molecule has 21 rings (SSSR count). The molecule has 2 aliphatic heterocycles. The lowest BCUT2D eigenvalue weighted by molar-refractivity contribution is 0.0877. The van der Waals surface area contributed by atoms with Crippen LogP contribution in [0.25, 0.3) is 177 Å². The molecule has 8 heteroatoms. The summed E-state index contributed by atoms with van der Waals surface area (Å²) in [4.78, 5) is 63.0. The van der Waals surface area contributed by atoms with Crippen LogP contribution >= 0.6 is 0 Å². The van der Waals surface area contributed by atoms with Gasteiger partial charge in [0.25, 0.3) is 23.6 Å². The number of rotatable bonds is 6. The maximum Gasteiger partial charge on any atom is 0.266 e. The fraction of sp³-hybridized carbons (Fsp3) is 0.130. The van der Waals surface area contributed by atoms with Crippen molar-refractivity contribution in [1.29, 1.82) is 0 Å². The molecule has 5 aliphatic rings. The van der Waals surface area contributed by atoms with Crippen molar-refractivity contribution < 1.29 is 19.2 Å². The fourth-order valence-electron chi connectivity index (χ4n) is 18.7. The molecule has 2 heterocycles. The smallest absolute Gasteiger partial charge is 0.266 e. The molecule has 16 aromatic rings. The highest BCUT2D eigenvalue weighted by Gasteiger charge is 2.41. The number of nitrogen functional groups attached to an aromatic ring is 2. The minimum atomic E-state index is -0.310. The van der Waals surface area contributed by atoms with Crippen LogP contribution < -0.4 is 21.3 Å². The summed E-state index contributed by atoms with van der Waals surface area (Å²) in [5.74, 6) is -1.13. The Labute approximate surface area is 575 Å². The van der Waals surface area contributed by atoms with Crippen LogP contribution in [0.4, 0.5) is 22.7 Å². The van der Waals surface area contributed by atoms with E-state index in [1.807, 2.05) is 48.5 Å². The molecule has 0 fully saturated rings. The van der Waals surface area contributed by atoms with Gasteiger partial charge in [0, 0.05) is 44.4 Å². The van der Waals surface area contributed by atoms with Crippen LogP contribution in [0.3, 0.4) is 0 Å². The average Bonchev–Trinajstić information content (AvgIpc) is 1.19. The SMILES string of the molecule is CC(C)c1cc(N)cc(C(C)C)c1N1C(=O)c2ccc3c4ccc5c6c(ccc(c7ccc(c2c37)C1=O)c64)-c1cc2cc3c(cc2cc1-5)C=Cc1cc2cc4c(cc2cc1C=C3)-c1ccc2c3ccc5c6c(ccc(c7ccc-4c1c72)c63)C(=O)N(c1c(C(C)C)cc(N)cc1C(C)C)C5=O. The number of imide groups is 2. The second-order valence-electron chi connectivity index (χ2n) is 30.0. The van der Waals surface area contributed by atoms with Crippen molar-refractivity contribution in [1.82, 2.24) is 0 Å². The van der Waals surface area contributed by atoms with Crippen LogP contribution in [0.15, 0.2) is 170 Å². The molecule has 16 aromatic carbocycles. The zero-order valence-electron chi connectivity index (χ0n) is 56.5. The summed E-state index contributed by atoms with van der Waals surface area (Å²) < 4.78 is 0. The Morgan fingerprint density at radius 2 is 0.440 bits per heavy atom. The zero-order valence-corrected chi connectivity index (χ0v) is 56.5. The molecule has 0 saturated carbocycles. The first-order chi connectivity index (χ1) is 48.4. The summed E-state index contributed by atoms with van der Waals surface area (Å²) in [6.07, 6.45) is 9.10. The Balaban J connectivity index is 0.631. The Morgan fingerprint density at radius 3 is 0.650 bits per heavy atom. The van der Waals surface area contributed by atoms with E-state index in [1.165, 1.54) is 97.4 Å². The number of nitrogens with zero attached hydrogens (tertiary/aromatic N) is 2. The summed E-state index contributed by atoms with van der Waals surface area (Å²) in [5.41, 5.74) is 35.4. The predicted octanol–water partition coefficient (Wildman–Crippen LogP) is 23.3. The maximum atomic E-state index is 15.0. The van der Waals surface area contributed by atoms with Crippen molar-refractivity contribution in [2.45, 2.75) is 79.1 Å². The van der Waals surface area contributed by atoms with Gasteiger partial charge in [0.1, 0.15) is 0 Å². The molecule has 8 nitrogen and oxygen atoms in total. The number of hydrogen-bond acceptors (Lipinski definition) is 6. The van der Waals surface area contributed by atoms with Crippen molar-refractivity contribution in [2.75, 3.05) is 21.3 Å². The monoisotopic (exact) mass is 1290 g/mol. The van der Waals surface area contributed by atoms with E-state index in [0.717, 1.165) is 109 Å². The van der Waals surface area contributed by atoms with E-state index in [-0.39, 0.29) is 47.3 Å². The molecular weight excluding hydrogens is 1230 g/mol. The van der Waals surface area contributed by atoms with Crippen LogP contribution in [-0.4, -0.2) is 23.6 Å². The number of fused-ring (bicyclic) bond motifs is 14. The number of carbonyl (C=O) groups excluding carboxylic acids is 4. The third kappa shape index (κ3) is 7.19. The van der Waals surface area contributed by atoms with E-state index < -0.39 is 0 Å². The van der Waals surface area contributed by atoms with Gasteiger partial charge in [-0.15, -0.1) is 0 Å². The molecule has 476 valence electrons. The quantitative estimate of drug-likeness (QED) is 0.0739. The first-order valence-corrected chi connectivity index (χ1v) is 35.0. The van der Waals surface area contributed by atoms with Crippen molar-refractivity contribution >= 4 is 178 Å². The van der Waals surface area contributed by atoms with Crippen molar-refractivity contribution in [2.24, 2.45) is 0 Å². The van der Waals surface area contributed by atoms with Gasteiger partial charge in [-0.3, -0.25) is 19.2 Å². The molecule has 0 radical (unpaired) electrons. The first-order valence-electron chi connectivity index (χ1n) is 35.0. The summed E-state index contributed by atoms with van der Waals surface area (Å²) in [5, 5.41) is 21.4. The third-order valence-corrected chi connectivity index (χ3v) is 23.3. The molecule has 100 heavy (non-hydrogen) atoms. The van der Waals surface area contributed by atoms with E-state index in [2.05, 4.69) is 201 Å². The number of hydrogen-bond donors (Lipinski definition) is 2. The molecule has 0 unspecified atom stereocenters. The summed E-state index contributed by atoms with van der Waals surface area (Å²) >= 11 is 0. The molecule has 4 N–H and O–H groups in total. The van der Waals surface area contributed by atoms with Crippen LogP contribution in [-0.2, 0) is 0 Å². The van der Waals surface area contributed by atoms with Gasteiger partial charge in [0.05, 0.1) is 11.4 Å². The molecule has 0 saturated heterocycles. The van der Waals surface area contributed by atoms with Crippen LogP contribution in [0.1, 0.15) is 165 Å². The summed E-state index contributed by atoms with van der Waals surface area (Å²) in [6.45, 7) is 16.6. The molecule has 4 amide bonds. The summed E-state index contributed by atoms with van der Waals surface area (Å²) in [6, 6.07) is 60.9. The Morgan fingerprint density at radius 1 is 0.240 bits per heavy atom. The zero-order chi connectivity index (χ0) is 67.8. The van der Waals surface area contributed by atoms with Gasteiger partial charge >= 0.3 is 0 Å². The first kappa shape index (κ1) is 57.1. The van der Waals surface area contributed by atoms with Crippen molar-refractivity contribution in [3.63, 3.8) is 0 Å². The average molecular weight is 1290 g/mol. The minimum absolute atomic E-state index is 0.0265. The van der Waals surface area contributed by atoms with Gasteiger partial charge in [-0.2, -0.15) is 0 Å². The highest BCUT2D eigenvalue weighted by Crippen LogP contribution is 2.57. The molecule has 0 aromatic heterocycles. The second kappa shape index (κ2) is 19.4. The normalized spacial score (nSPS) is 14.4. The number of benzene rings is 16. The molecular formula is C92H64N4O4. The van der Waals surface area contributed by atoms with Gasteiger partial charge in [-0.1, -0.05) is 152 Å². The van der Waals surface area contributed by atoms with E-state index in [0.29, 0.717) is 45.0 Å². The number of nitrogens with two attached hydrogens (primary N) is 2. The topological polar surface area (TPSA) is 127 Å². The highest BCUT2D eigenvalue weighted by molar-refractivity contribution is 6.46. The molecule has 3 aliphatic carbocycles. The molecule has 0 bridgehead atoms. The largest absolute Gasteiger partial charge is 0.399 e. The van der Waals surface area contributed by atoms with Crippen LogP contribution in [0.5, 0.6) is 0 Å². The van der Waals surface area contributed by atoms with E-state index in [4.69, 9.17) is 11.5 Å². The highest BCUT2D eigenvalue weighted by atomic mass is 16.2. The molecule has 0 spiro atoms. The van der Waals surface area contributed by atoms with Gasteiger partial charge in [-0.05, 0) is 307 Å².